The maximum atomic E-state index is 13.9. The highest BCUT2D eigenvalue weighted by Crippen LogP contribution is 2.60. The standard InChI is InChI=1S/C10F16N2/c11-3-1(5(13,7(15,16)17)8(18,19)20)2(4(12)28-27-3)6(14,9(21,22)23)10(24,25)26. The molecule has 0 bridgehead atoms. The van der Waals surface area contributed by atoms with Crippen molar-refractivity contribution in [3.05, 3.63) is 23.0 Å². The van der Waals surface area contributed by atoms with E-state index in [1.54, 1.807) is 0 Å². The van der Waals surface area contributed by atoms with E-state index in [2.05, 4.69) is 0 Å². The zero-order valence-corrected chi connectivity index (χ0v) is 11.9. The average Bonchev–Trinajstić information content (AvgIpc) is 2.43. The van der Waals surface area contributed by atoms with Gasteiger partial charge in [0.05, 0.1) is 11.1 Å². The number of rotatable bonds is 2. The van der Waals surface area contributed by atoms with Crippen LogP contribution in [0.3, 0.4) is 0 Å². The van der Waals surface area contributed by atoms with Crippen molar-refractivity contribution in [2.24, 2.45) is 0 Å². The molecule has 0 amide bonds. The lowest BCUT2D eigenvalue weighted by Gasteiger charge is -2.36. The number of hydrogen-bond donors (Lipinski definition) is 0. The summed E-state index contributed by atoms with van der Waals surface area (Å²) in [5.41, 5.74) is -23.6. The van der Waals surface area contributed by atoms with E-state index < -0.39 is 59.1 Å². The molecule has 0 radical (unpaired) electrons. The number of halogens is 16. The van der Waals surface area contributed by atoms with E-state index in [9.17, 15) is 70.2 Å². The summed E-state index contributed by atoms with van der Waals surface area (Å²) in [7, 11) is 0. The minimum Gasteiger partial charge on any atom is -0.218 e. The van der Waals surface area contributed by atoms with Crippen molar-refractivity contribution in [1.29, 1.82) is 0 Å². The lowest BCUT2D eigenvalue weighted by Crippen LogP contribution is -2.57. The van der Waals surface area contributed by atoms with Crippen LogP contribution in [0.1, 0.15) is 11.1 Å². The molecular formula is C10F16N2. The molecule has 0 N–H and O–H groups in total. The Labute approximate surface area is 141 Å². The summed E-state index contributed by atoms with van der Waals surface area (Å²) in [5, 5.41) is 2.95. The second-order valence-electron chi connectivity index (χ2n) is 4.84. The van der Waals surface area contributed by atoms with Gasteiger partial charge in [-0.15, -0.1) is 10.2 Å². The van der Waals surface area contributed by atoms with Crippen molar-refractivity contribution in [3.8, 4) is 0 Å². The van der Waals surface area contributed by atoms with Gasteiger partial charge >= 0.3 is 36.0 Å². The van der Waals surface area contributed by atoms with E-state index in [1.807, 2.05) is 0 Å². The van der Waals surface area contributed by atoms with Crippen LogP contribution in [0.25, 0.3) is 0 Å². The van der Waals surface area contributed by atoms with Crippen LogP contribution in [0.2, 0.25) is 0 Å². The van der Waals surface area contributed by atoms with Gasteiger partial charge in [-0.2, -0.15) is 61.5 Å². The molecule has 1 aromatic heterocycles. The van der Waals surface area contributed by atoms with Gasteiger partial charge < -0.3 is 0 Å². The Morgan fingerprint density at radius 1 is 0.393 bits per heavy atom. The third-order valence-corrected chi connectivity index (χ3v) is 3.14. The highest BCUT2D eigenvalue weighted by molar-refractivity contribution is 5.39. The van der Waals surface area contributed by atoms with E-state index in [0.29, 0.717) is 0 Å². The second kappa shape index (κ2) is 6.23. The lowest BCUT2D eigenvalue weighted by atomic mass is 9.83. The van der Waals surface area contributed by atoms with Crippen molar-refractivity contribution < 1.29 is 70.2 Å². The number of hydrogen-bond acceptors (Lipinski definition) is 2. The molecular weight excluding hydrogens is 452 g/mol. The molecule has 162 valence electrons. The number of alkyl halides is 14. The van der Waals surface area contributed by atoms with E-state index in [0.717, 1.165) is 0 Å². The summed E-state index contributed by atoms with van der Waals surface area (Å²) in [6, 6.07) is 0. The van der Waals surface area contributed by atoms with E-state index in [-0.39, 0.29) is 0 Å². The minimum atomic E-state index is -7.53. The van der Waals surface area contributed by atoms with Gasteiger partial charge in [0.2, 0.25) is 11.9 Å². The van der Waals surface area contributed by atoms with Crippen molar-refractivity contribution in [1.82, 2.24) is 10.2 Å². The molecule has 0 fully saturated rings. The van der Waals surface area contributed by atoms with Gasteiger partial charge in [0, 0.05) is 0 Å². The fourth-order valence-corrected chi connectivity index (χ4v) is 1.91. The van der Waals surface area contributed by atoms with Gasteiger partial charge in [-0.25, -0.2) is 8.78 Å². The summed E-state index contributed by atoms with van der Waals surface area (Å²) in [6.07, 6.45) is -30.1. The molecule has 1 heterocycles. The Morgan fingerprint density at radius 3 is 0.714 bits per heavy atom. The molecule has 18 heteroatoms. The Kier molecular flexibility index (Phi) is 5.34. The van der Waals surface area contributed by atoms with Gasteiger partial charge in [0.25, 0.3) is 0 Å². The Balaban J connectivity index is 4.33. The molecule has 0 saturated heterocycles. The highest BCUT2D eigenvalue weighted by Gasteiger charge is 2.81. The monoisotopic (exact) mass is 452 g/mol. The third-order valence-electron chi connectivity index (χ3n) is 3.14. The average molecular weight is 452 g/mol. The lowest BCUT2D eigenvalue weighted by molar-refractivity contribution is -0.361. The first-order chi connectivity index (χ1) is 12.0. The van der Waals surface area contributed by atoms with E-state index >= 15 is 0 Å². The summed E-state index contributed by atoms with van der Waals surface area (Å²) in [4.78, 5) is 0. The third kappa shape index (κ3) is 3.19. The van der Waals surface area contributed by atoms with Gasteiger partial charge in [0.15, 0.2) is 0 Å². The molecule has 0 aliphatic rings. The predicted molar refractivity (Wildman–Crippen MR) is 51.7 cm³/mol. The summed E-state index contributed by atoms with van der Waals surface area (Å²) >= 11 is 0. The first kappa shape index (κ1) is 24.0. The minimum absolute atomic E-state index is 1.48. The molecule has 0 unspecified atom stereocenters. The van der Waals surface area contributed by atoms with Gasteiger partial charge in [-0.05, 0) is 0 Å². The fourth-order valence-electron chi connectivity index (χ4n) is 1.91. The van der Waals surface area contributed by atoms with Crippen LogP contribution < -0.4 is 0 Å². The van der Waals surface area contributed by atoms with Crippen LogP contribution in [0.5, 0.6) is 0 Å². The quantitative estimate of drug-likeness (QED) is 0.567. The van der Waals surface area contributed by atoms with Gasteiger partial charge in [-0.1, -0.05) is 0 Å². The molecule has 2 nitrogen and oxygen atoms in total. The number of aromatic nitrogens is 2. The normalized spacial score (nSPS) is 15.1. The largest absolute Gasteiger partial charge is 0.436 e. The van der Waals surface area contributed by atoms with E-state index in [1.165, 1.54) is 10.2 Å². The zero-order valence-electron chi connectivity index (χ0n) is 11.9. The second-order valence-corrected chi connectivity index (χ2v) is 4.84. The fraction of sp³-hybridized carbons (Fsp3) is 0.600. The van der Waals surface area contributed by atoms with E-state index in [4.69, 9.17) is 0 Å². The number of nitrogens with zero attached hydrogens (tertiary/aromatic N) is 2. The van der Waals surface area contributed by atoms with Crippen LogP contribution in [0.4, 0.5) is 70.2 Å². The van der Waals surface area contributed by atoms with Crippen molar-refractivity contribution in [2.75, 3.05) is 0 Å². The molecule has 1 aromatic rings. The Bertz CT molecular complexity index is 647. The molecule has 0 aliphatic heterocycles. The Morgan fingerprint density at radius 2 is 0.571 bits per heavy atom. The maximum absolute atomic E-state index is 13.9. The zero-order chi connectivity index (χ0) is 22.7. The van der Waals surface area contributed by atoms with Crippen LogP contribution in [-0.4, -0.2) is 34.9 Å². The molecule has 0 spiro atoms. The van der Waals surface area contributed by atoms with Crippen LogP contribution in [0, 0.1) is 11.9 Å². The summed E-state index contributed by atoms with van der Waals surface area (Å²) in [5.74, 6) is -7.44. The van der Waals surface area contributed by atoms with Crippen LogP contribution in [0.15, 0.2) is 0 Å². The summed E-state index contributed by atoms with van der Waals surface area (Å²) < 4.78 is 206. The smallest absolute Gasteiger partial charge is 0.218 e. The molecule has 1 rings (SSSR count). The molecule has 0 saturated carbocycles. The van der Waals surface area contributed by atoms with Crippen molar-refractivity contribution in [2.45, 2.75) is 36.0 Å². The predicted octanol–water partition coefficient (Wildman–Crippen LogP) is 5.33. The molecule has 0 atom stereocenters. The molecule has 0 aromatic carbocycles. The van der Waals surface area contributed by atoms with Crippen LogP contribution >= 0.6 is 0 Å². The SMILES string of the molecule is Fc1nnc(F)c(C(F)(C(F)(F)F)C(F)(F)F)c1C(F)(C(F)(F)F)C(F)(F)F. The highest BCUT2D eigenvalue weighted by atomic mass is 19.4. The topological polar surface area (TPSA) is 25.8 Å². The molecule has 28 heavy (non-hydrogen) atoms. The summed E-state index contributed by atoms with van der Waals surface area (Å²) in [6.45, 7) is 0. The van der Waals surface area contributed by atoms with Crippen molar-refractivity contribution >= 4 is 0 Å². The van der Waals surface area contributed by atoms with Gasteiger partial charge in [-0.3, -0.25) is 0 Å². The molecule has 0 aliphatic carbocycles. The van der Waals surface area contributed by atoms with Crippen molar-refractivity contribution in [3.63, 3.8) is 0 Å². The van der Waals surface area contributed by atoms with Gasteiger partial charge in [0.1, 0.15) is 0 Å². The Hall–Kier alpha value is -2.04. The van der Waals surface area contributed by atoms with Crippen LogP contribution in [-0.2, 0) is 11.3 Å². The first-order valence-electron chi connectivity index (χ1n) is 5.92. The maximum Gasteiger partial charge on any atom is 0.436 e. The first-order valence-corrected chi connectivity index (χ1v) is 5.92.